The van der Waals surface area contributed by atoms with E-state index in [0.717, 1.165) is 5.56 Å². The highest BCUT2D eigenvalue weighted by Crippen LogP contribution is 2.30. The van der Waals surface area contributed by atoms with Gasteiger partial charge in [-0.3, -0.25) is 4.79 Å². The van der Waals surface area contributed by atoms with Crippen LogP contribution in [0.15, 0.2) is 18.2 Å². The summed E-state index contributed by atoms with van der Waals surface area (Å²) >= 11 is 0. The Bertz CT molecular complexity index is 459. The van der Waals surface area contributed by atoms with Gasteiger partial charge in [0, 0.05) is 6.42 Å². The van der Waals surface area contributed by atoms with Gasteiger partial charge in [0.2, 0.25) is 0 Å². The standard InChI is InChI=1S/C14H21NO4/c1-9(2)14(15,13(16)17)8-10-5-6-11(18-3)12(7-10)19-4/h5-7,9H,8,15H2,1-4H3,(H,16,17)/t14-/m1/s1. The lowest BCUT2D eigenvalue weighted by Gasteiger charge is -2.29. The van der Waals surface area contributed by atoms with Gasteiger partial charge in [0.15, 0.2) is 11.5 Å². The zero-order valence-corrected chi connectivity index (χ0v) is 11.8. The number of carbonyl (C=O) groups is 1. The molecule has 0 aliphatic carbocycles. The molecule has 0 radical (unpaired) electrons. The highest BCUT2D eigenvalue weighted by Gasteiger charge is 2.37. The lowest BCUT2D eigenvalue weighted by atomic mass is 9.82. The van der Waals surface area contributed by atoms with Crippen LogP contribution in [0.5, 0.6) is 11.5 Å². The van der Waals surface area contributed by atoms with Crippen LogP contribution in [0.2, 0.25) is 0 Å². The number of aliphatic carboxylic acids is 1. The number of ether oxygens (including phenoxy) is 2. The average molecular weight is 267 g/mol. The molecule has 1 aromatic carbocycles. The van der Waals surface area contributed by atoms with Gasteiger partial charge in [-0.05, 0) is 23.6 Å². The van der Waals surface area contributed by atoms with E-state index in [0.29, 0.717) is 11.5 Å². The number of hydrogen-bond donors (Lipinski definition) is 2. The first-order valence-corrected chi connectivity index (χ1v) is 6.08. The highest BCUT2D eigenvalue weighted by molar-refractivity contribution is 5.79. The molecule has 5 heteroatoms. The predicted molar refractivity (Wildman–Crippen MR) is 72.6 cm³/mol. The van der Waals surface area contributed by atoms with E-state index in [-0.39, 0.29) is 12.3 Å². The Morgan fingerprint density at radius 2 is 1.89 bits per heavy atom. The Morgan fingerprint density at radius 1 is 1.32 bits per heavy atom. The second-order valence-corrected chi connectivity index (χ2v) is 4.87. The zero-order valence-electron chi connectivity index (χ0n) is 11.8. The third-order valence-electron chi connectivity index (χ3n) is 3.37. The fraction of sp³-hybridized carbons (Fsp3) is 0.500. The van der Waals surface area contributed by atoms with Crippen molar-refractivity contribution >= 4 is 5.97 Å². The molecule has 0 spiro atoms. The molecule has 1 atom stereocenters. The lowest BCUT2D eigenvalue weighted by molar-refractivity contribution is -0.145. The van der Waals surface area contributed by atoms with E-state index in [4.69, 9.17) is 15.2 Å². The minimum atomic E-state index is -1.29. The first-order chi connectivity index (χ1) is 8.85. The summed E-state index contributed by atoms with van der Waals surface area (Å²) in [5.41, 5.74) is 5.52. The number of nitrogens with two attached hydrogens (primary N) is 1. The summed E-state index contributed by atoms with van der Waals surface area (Å²) in [5.74, 6) is -0.0133. The molecule has 0 aliphatic heterocycles. The summed E-state index contributed by atoms with van der Waals surface area (Å²) in [7, 11) is 3.09. The Morgan fingerprint density at radius 3 is 2.32 bits per heavy atom. The van der Waals surface area contributed by atoms with Crippen LogP contribution in [-0.2, 0) is 11.2 Å². The molecular formula is C14H21NO4. The Kier molecular flexibility index (Phi) is 4.78. The van der Waals surface area contributed by atoms with Gasteiger partial charge in [0.1, 0.15) is 5.54 Å². The maximum atomic E-state index is 11.4. The van der Waals surface area contributed by atoms with Gasteiger partial charge in [-0.2, -0.15) is 0 Å². The molecule has 1 rings (SSSR count). The monoisotopic (exact) mass is 267 g/mol. The molecule has 0 unspecified atom stereocenters. The van der Waals surface area contributed by atoms with E-state index in [1.54, 1.807) is 39.2 Å². The summed E-state index contributed by atoms with van der Waals surface area (Å²) in [4.78, 5) is 11.4. The number of hydrogen-bond acceptors (Lipinski definition) is 4. The number of carboxylic acids is 1. The molecule has 5 nitrogen and oxygen atoms in total. The largest absolute Gasteiger partial charge is 0.493 e. The maximum Gasteiger partial charge on any atom is 0.324 e. The van der Waals surface area contributed by atoms with E-state index in [2.05, 4.69) is 0 Å². The van der Waals surface area contributed by atoms with Gasteiger partial charge < -0.3 is 20.3 Å². The van der Waals surface area contributed by atoms with Gasteiger partial charge in [-0.25, -0.2) is 0 Å². The van der Waals surface area contributed by atoms with E-state index in [1.165, 1.54) is 7.11 Å². The van der Waals surface area contributed by atoms with Crippen molar-refractivity contribution in [2.75, 3.05) is 14.2 Å². The van der Waals surface area contributed by atoms with Crippen LogP contribution in [0.1, 0.15) is 19.4 Å². The van der Waals surface area contributed by atoms with Crippen molar-refractivity contribution < 1.29 is 19.4 Å². The molecule has 1 aromatic rings. The zero-order chi connectivity index (χ0) is 14.6. The number of methoxy groups -OCH3 is 2. The molecule has 0 aromatic heterocycles. The fourth-order valence-electron chi connectivity index (χ4n) is 1.86. The lowest BCUT2D eigenvalue weighted by Crippen LogP contribution is -2.54. The first-order valence-electron chi connectivity index (χ1n) is 6.08. The van der Waals surface area contributed by atoms with Crippen molar-refractivity contribution in [1.29, 1.82) is 0 Å². The van der Waals surface area contributed by atoms with Gasteiger partial charge in [0.05, 0.1) is 14.2 Å². The molecule has 0 heterocycles. The van der Waals surface area contributed by atoms with Crippen LogP contribution in [-0.4, -0.2) is 30.8 Å². The van der Waals surface area contributed by atoms with Crippen LogP contribution >= 0.6 is 0 Å². The van der Waals surface area contributed by atoms with Gasteiger partial charge in [-0.1, -0.05) is 19.9 Å². The third kappa shape index (κ3) is 3.17. The summed E-state index contributed by atoms with van der Waals surface area (Å²) in [6.07, 6.45) is 0.236. The smallest absolute Gasteiger partial charge is 0.324 e. The molecular weight excluding hydrogens is 246 g/mol. The summed E-state index contributed by atoms with van der Waals surface area (Å²) in [6, 6.07) is 5.30. The van der Waals surface area contributed by atoms with Gasteiger partial charge in [-0.15, -0.1) is 0 Å². The minimum absolute atomic E-state index is 0.182. The van der Waals surface area contributed by atoms with Crippen molar-refractivity contribution in [3.8, 4) is 11.5 Å². The minimum Gasteiger partial charge on any atom is -0.493 e. The van der Waals surface area contributed by atoms with Crippen LogP contribution in [0.25, 0.3) is 0 Å². The van der Waals surface area contributed by atoms with Crippen molar-refractivity contribution in [3.63, 3.8) is 0 Å². The fourth-order valence-corrected chi connectivity index (χ4v) is 1.86. The quantitative estimate of drug-likeness (QED) is 0.819. The summed E-state index contributed by atoms with van der Waals surface area (Å²) in [6.45, 7) is 3.60. The van der Waals surface area contributed by atoms with Crippen molar-refractivity contribution in [3.05, 3.63) is 23.8 Å². The summed E-state index contributed by atoms with van der Waals surface area (Å²) < 4.78 is 10.3. The van der Waals surface area contributed by atoms with E-state index >= 15 is 0 Å². The molecule has 0 saturated carbocycles. The summed E-state index contributed by atoms with van der Waals surface area (Å²) in [5, 5.41) is 9.31. The van der Waals surface area contributed by atoms with Crippen LogP contribution in [0.4, 0.5) is 0 Å². The van der Waals surface area contributed by atoms with Gasteiger partial charge >= 0.3 is 5.97 Å². The van der Waals surface area contributed by atoms with Gasteiger partial charge in [0.25, 0.3) is 0 Å². The Hall–Kier alpha value is -1.75. The van der Waals surface area contributed by atoms with Crippen molar-refractivity contribution in [1.82, 2.24) is 0 Å². The SMILES string of the molecule is COc1ccc(C[C@](N)(C(=O)O)C(C)C)cc1OC. The Labute approximate surface area is 113 Å². The Balaban J connectivity index is 3.08. The molecule has 0 saturated heterocycles. The molecule has 0 amide bonds. The molecule has 0 bridgehead atoms. The van der Waals surface area contributed by atoms with E-state index in [9.17, 15) is 9.90 Å². The molecule has 0 fully saturated rings. The second kappa shape index (κ2) is 5.93. The number of benzene rings is 1. The molecule has 106 valence electrons. The second-order valence-electron chi connectivity index (χ2n) is 4.87. The highest BCUT2D eigenvalue weighted by atomic mass is 16.5. The molecule has 19 heavy (non-hydrogen) atoms. The van der Waals surface area contributed by atoms with E-state index < -0.39 is 11.5 Å². The normalized spacial score (nSPS) is 14.0. The van der Waals surface area contributed by atoms with Crippen LogP contribution in [0, 0.1) is 5.92 Å². The van der Waals surface area contributed by atoms with Crippen LogP contribution in [0.3, 0.4) is 0 Å². The first kappa shape index (κ1) is 15.3. The van der Waals surface area contributed by atoms with Crippen molar-refractivity contribution in [2.24, 2.45) is 11.7 Å². The average Bonchev–Trinajstić information content (AvgIpc) is 2.37. The third-order valence-corrected chi connectivity index (χ3v) is 3.37. The number of carboxylic acid groups (broad SMARTS) is 1. The van der Waals surface area contributed by atoms with Crippen LogP contribution < -0.4 is 15.2 Å². The maximum absolute atomic E-state index is 11.4. The van der Waals surface area contributed by atoms with E-state index in [1.807, 2.05) is 0 Å². The van der Waals surface area contributed by atoms with Crippen molar-refractivity contribution in [2.45, 2.75) is 25.8 Å². The molecule has 0 aliphatic rings. The topological polar surface area (TPSA) is 81.8 Å². The predicted octanol–water partition coefficient (Wildman–Crippen LogP) is 1.68. The molecule has 3 N–H and O–H groups in total. The number of rotatable bonds is 6.